The van der Waals surface area contributed by atoms with Crippen LogP contribution in [0.15, 0.2) is 25.6 Å². The molecular weight excluding hydrogens is 380 g/mol. The molecule has 0 aromatic heterocycles. The van der Waals surface area contributed by atoms with E-state index in [4.69, 9.17) is 12.2 Å². The number of halogens is 3. The second-order valence-corrected chi connectivity index (χ2v) is 5.53. The summed E-state index contributed by atoms with van der Waals surface area (Å²) in [5.74, 6) is 0. The van der Waals surface area contributed by atoms with Crippen molar-refractivity contribution in [2.45, 2.75) is 0 Å². The summed E-state index contributed by atoms with van der Waals surface area (Å²) < 4.78 is 3.07. The molecule has 66 valence electrons. The van der Waals surface area contributed by atoms with Crippen molar-refractivity contribution in [3.05, 3.63) is 36.7 Å². The maximum Gasteiger partial charge on any atom is 0.0467 e. The van der Waals surface area contributed by atoms with Gasteiger partial charge in [-0.15, -0.1) is 0 Å². The van der Waals surface area contributed by atoms with Gasteiger partial charge in [-0.05, 0) is 65.5 Å². The summed E-state index contributed by atoms with van der Waals surface area (Å²) in [5.41, 5.74) is 2.26. The van der Waals surface area contributed by atoms with Crippen molar-refractivity contribution < 1.29 is 0 Å². The van der Waals surface area contributed by atoms with E-state index in [1.807, 2.05) is 12.2 Å². The second-order valence-electron chi connectivity index (χ2n) is 2.65. The highest BCUT2D eigenvalue weighted by atomic mass is 79.9. The molecule has 0 saturated heterocycles. The van der Waals surface area contributed by atoms with Crippen LogP contribution in [0.2, 0.25) is 0 Å². The quantitative estimate of drug-likeness (QED) is 0.462. The van der Waals surface area contributed by atoms with Gasteiger partial charge in [0.2, 0.25) is 0 Å². The Morgan fingerprint density at radius 3 is 2.38 bits per heavy atom. The highest BCUT2D eigenvalue weighted by Crippen LogP contribution is 2.38. The first-order valence-corrected chi connectivity index (χ1v) is 6.30. The van der Waals surface area contributed by atoms with Crippen molar-refractivity contribution in [3.8, 4) is 0 Å². The van der Waals surface area contributed by atoms with Gasteiger partial charge in [-0.2, -0.15) is 0 Å². The molecule has 1 aromatic carbocycles. The Balaban J connectivity index is 2.80. The van der Waals surface area contributed by atoms with Crippen molar-refractivity contribution in [1.29, 1.82) is 0 Å². The van der Waals surface area contributed by atoms with Gasteiger partial charge in [0.05, 0.1) is 0 Å². The summed E-state index contributed by atoms with van der Waals surface area (Å²) >= 11 is 15.7. The summed E-state index contributed by atoms with van der Waals surface area (Å²) in [4.78, 5) is 0.884. The van der Waals surface area contributed by atoms with E-state index in [1.165, 1.54) is 0 Å². The van der Waals surface area contributed by atoms with Crippen molar-refractivity contribution in [1.82, 2.24) is 0 Å². The van der Waals surface area contributed by atoms with E-state index in [2.05, 4.69) is 53.9 Å². The van der Waals surface area contributed by atoms with E-state index in [0.717, 1.165) is 29.4 Å². The van der Waals surface area contributed by atoms with Gasteiger partial charge >= 0.3 is 0 Å². The average molecular weight is 383 g/mol. The van der Waals surface area contributed by atoms with Gasteiger partial charge in [0, 0.05) is 23.8 Å². The van der Waals surface area contributed by atoms with Crippen LogP contribution in [-0.2, 0) is 0 Å². The molecule has 4 heteroatoms. The van der Waals surface area contributed by atoms with Crippen LogP contribution >= 0.6 is 60.0 Å². The average Bonchev–Trinajstić information content (AvgIpc) is 2.43. The Hall–Kier alpha value is 0.490. The molecule has 1 aromatic rings. The predicted molar refractivity (Wildman–Crippen MR) is 70.3 cm³/mol. The molecule has 0 amide bonds. The molecule has 13 heavy (non-hydrogen) atoms. The maximum absolute atomic E-state index is 5.21. The number of thiocarbonyl (C=S) groups is 1. The van der Waals surface area contributed by atoms with Gasteiger partial charge in [0.25, 0.3) is 0 Å². The third-order valence-electron chi connectivity index (χ3n) is 1.85. The highest BCUT2D eigenvalue weighted by Gasteiger charge is 2.17. The lowest BCUT2D eigenvalue weighted by Gasteiger charge is -2.06. The number of allylic oxidation sites excluding steroid dienone is 1. The van der Waals surface area contributed by atoms with E-state index in [0.29, 0.717) is 0 Å². The van der Waals surface area contributed by atoms with Crippen LogP contribution in [0.25, 0.3) is 6.08 Å². The summed E-state index contributed by atoms with van der Waals surface area (Å²) in [6.45, 7) is 0. The Bertz CT molecular complexity index is 435. The molecule has 0 spiro atoms. The molecular formula is C9H3Br3S. The van der Waals surface area contributed by atoms with Gasteiger partial charge in [-0.1, -0.05) is 18.3 Å². The lowest BCUT2D eigenvalue weighted by atomic mass is 10.1. The van der Waals surface area contributed by atoms with Gasteiger partial charge in [0.15, 0.2) is 0 Å². The van der Waals surface area contributed by atoms with E-state index in [-0.39, 0.29) is 0 Å². The second kappa shape index (κ2) is 3.57. The zero-order valence-electron chi connectivity index (χ0n) is 6.27. The molecule has 1 aliphatic rings. The summed E-state index contributed by atoms with van der Waals surface area (Å²) in [7, 11) is 0. The minimum Gasteiger partial charge on any atom is -0.0794 e. The molecule has 0 saturated carbocycles. The number of benzene rings is 1. The normalized spacial score (nSPS) is 13.6. The fourth-order valence-electron chi connectivity index (χ4n) is 1.24. The van der Waals surface area contributed by atoms with Crippen molar-refractivity contribution in [2.24, 2.45) is 0 Å². The molecule has 0 aliphatic heterocycles. The predicted octanol–water partition coefficient (Wildman–Crippen LogP) is 4.72. The molecule has 0 heterocycles. The van der Waals surface area contributed by atoms with Gasteiger partial charge in [-0.25, -0.2) is 0 Å². The third kappa shape index (κ3) is 1.58. The van der Waals surface area contributed by atoms with Gasteiger partial charge < -0.3 is 0 Å². The third-order valence-corrected chi connectivity index (χ3v) is 5.50. The number of hydrogen-bond donors (Lipinski definition) is 0. The van der Waals surface area contributed by atoms with Crippen LogP contribution in [0.3, 0.4) is 0 Å². The Morgan fingerprint density at radius 1 is 1.00 bits per heavy atom. The van der Waals surface area contributed by atoms with Crippen LogP contribution in [-0.4, -0.2) is 4.86 Å². The largest absolute Gasteiger partial charge is 0.0794 e. The summed E-state index contributed by atoms with van der Waals surface area (Å²) in [5, 5.41) is 0. The molecule has 0 bridgehead atoms. The molecule has 0 atom stereocenters. The summed E-state index contributed by atoms with van der Waals surface area (Å²) in [6, 6.07) is 2.06. The first-order valence-electron chi connectivity index (χ1n) is 3.51. The minimum atomic E-state index is 0.884. The van der Waals surface area contributed by atoms with E-state index in [9.17, 15) is 0 Å². The molecule has 0 radical (unpaired) electrons. The van der Waals surface area contributed by atoms with Gasteiger partial charge in [0.1, 0.15) is 0 Å². The van der Waals surface area contributed by atoms with Crippen molar-refractivity contribution >= 4 is 70.9 Å². The first-order chi connectivity index (χ1) is 6.11. The first kappa shape index (κ1) is 10.0. The van der Waals surface area contributed by atoms with Crippen LogP contribution < -0.4 is 0 Å². The van der Waals surface area contributed by atoms with Crippen molar-refractivity contribution in [2.75, 3.05) is 0 Å². The van der Waals surface area contributed by atoms with Gasteiger partial charge in [-0.3, -0.25) is 0 Å². The molecule has 0 unspecified atom stereocenters. The SMILES string of the molecule is S=C1C=Cc2cc(Br)c(Br)c(Br)c21. The standard InChI is InChI=1S/C9H3Br3S/c10-5-3-4-1-2-6(13)7(4)9(12)8(5)11/h1-3H. The molecule has 2 rings (SSSR count). The van der Waals surface area contributed by atoms with E-state index >= 15 is 0 Å². The Kier molecular flexibility index (Phi) is 2.75. The molecule has 0 nitrogen and oxygen atoms in total. The number of fused-ring (bicyclic) bond motifs is 1. The van der Waals surface area contributed by atoms with Crippen molar-refractivity contribution in [3.63, 3.8) is 0 Å². The van der Waals surface area contributed by atoms with Crippen LogP contribution in [0.5, 0.6) is 0 Å². The zero-order chi connectivity index (χ0) is 9.59. The monoisotopic (exact) mass is 380 g/mol. The maximum atomic E-state index is 5.21. The Labute approximate surface area is 107 Å². The molecule has 0 N–H and O–H groups in total. The lowest BCUT2D eigenvalue weighted by molar-refractivity contribution is 1.50. The number of rotatable bonds is 0. The minimum absolute atomic E-state index is 0.884. The van der Waals surface area contributed by atoms with E-state index < -0.39 is 0 Å². The molecule has 1 aliphatic carbocycles. The highest BCUT2D eigenvalue weighted by molar-refractivity contribution is 9.14. The topological polar surface area (TPSA) is 0 Å². The number of hydrogen-bond acceptors (Lipinski definition) is 1. The molecule has 0 fully saturated rings. The van der Waals surface area contributed by atoms with Crippen LogP contribution in [0.4, 0.5) is 0 Å². The zero-order valence-corrected chi connectivity index (χ0v) is 11.8. The fraction of sp³-hybridized carbons (Fsp3) is 0. The lowest BCUT2D eigenvalue weighted by Crippen LogP contribution is -1.93. The van der Waals surface area contributed by atoms with Crippen LogP contribution in [0.1, 0.15) is 11.1 Å². The van der Waals surface area contributed by atoms with Crippen LogP contribution in [0, 0.1) is 0 Å². The van der Waals surface area contributed by atoms with E-state index in [1.54, 1.807) is 0 Å². The smallest absolute Gasteiger partial charge is 0.0467 e. The summed E-state index contributed by atoms with van der Waals surface area (Å²) in [6.07, 6.45) is 3.98. The fourth-order valence-corrected chi connectivity index (χ4v) is 3.34. The Morgan fingerprint density at radius 2 is 1.69 bits per heavy atom.